The second kappa shape index (κ2) is 4.96. The van der Waals surface area contributed by atoms with E-state index in [1.807, 2.05) is 12.1 Å². The normalized spacial score (nSPS) is 11.1. The summed E-state index contributed by atoms with van der Waals surface area (Å²) in [6, 6.07) is 9.68. The van der Waals surface area contributed by atoms with E-state index in [1.54, 1.807) is 11.6 Å². The Hall–Kier alpha value is -3.13. The van der Waals surface area contributed by atoms with Gasteiger partial charge in [0, 0.05) is 11.6 Å². The molecule has 3 N–H and O–H groups in total. The Kier molecular flexibility index (Phi) is 2.91. The minimum absolute atomic E-state index is 0.0706. The van der Waals surface area contributed by atoms with E-state index in [0.29, 0.717) is 11.3 Å². The molecule has 0 aliphatic carbocycles. The van der Waals surface area contributed by atoms with Gasteiger partial charge in [0.2, 0.25) is 0 Å². The summed E-state index contributed by atoms with van der Waals surface area (Å²) in [7, 11) is 0. The quantitative estimate of drug-likeness (QED) is 0.523. The summed E-state index contributed by atoms with van der Waals surface area (Å²) in [4.78, 5) is 4.32. The minimum Gasteiger partial charge on any atom is -0.508 e. The average Bonchev–Trinajstić information content (AvgIpc) is 3.14. The number of benzene rings is 2. The molecule has 0 unspecified atom stereocenters. The first-order valence-corrected chi connectivity index (χ1v) is 7.52. The van der Waals surface area contributed by atoms with Gasteiger partial charge < -0.3 is 15.3 Å². The number of rotatable bonds is 2. The molecule has 0 saturated heterocycles. The van der Waals surface area contributed by atoms with Crippen molar-refractivity contribution in [1.82, 2.24) is 20.0 Å². The third-order valence-corrected chi connectivity index (χ3v) is 4.25. The number of phenols is 2. The van der Waals surface area contributed by atoms with Crippen LogP contribution in [-0.4, -0.2) is 35.3 Å². The Morgan fingerprint density at radius 2 is 1.91 bits per heavy atom. The van der Waals surface area contributed by atoms with E-state index in [9.17, 15) is 15.3 Å². The van der Waals surface area contributed by atoms with Crippen molar-refractivity contribution in [1.29, 1.82) is 0 Å². The van der Waals surface area contributed by atoms with Crippen molar-refractivity contribution in [2.75, 3.05) is 0 Å². The predicted molar refractivity (Wildman–Crippen MR) is 85.0 cm³/mol. The predicted octanol–water partition coefficient (Wildman–Crippen LogP) is 2.66. The van der Waals surface area contributed by atoms with E-state index < -0.39 is 0 Å². The van der Waals surface area contributed by atoms with Crippen LogP contribution in [0.15, 0.2) is 41.9 Å². The Morgan fingerprint density at radius 3 is 2.74 bits per heavy atom. The molecule has 2 aromatic heterocycles. The van der Waals surface area contributed by atoms with Gasteiger partial charge in [-0.25, -0.2) is 9.67 Å². The van der Waals surface area contributed by atoms with E-state index in [-0.39, 0.29) is 23.1 Å². The lowest BCUT2D eigenvalue weighted by molar-refractivity contribution is 0.447. The lowest BCUT2D eigenvalue weighted by atomic mass is 10.1. The molecule has 0 saturated carbocycles. The lowest BCUT2D eigenvalue weighted by Gasteiger charge is -2.09. The van der Waals surface area contributed by atoms with Crippen molar-refractivity contribution in [3.05, 3.63) is 41.9 Å². The van der Waals surface area contributed by atoms with E-state index in [0.717, 1.165) is 10.2 Å². The van der Waals surface area contributed by atoms with Crippen molar-refractivity contribution in [3.8, 4) is 34.3 Å². The second-order valence-corrected chi connectivity index (χ2v) is 5.74. The molecule has 23 heavy (non-hydrogen) atoms. The lowest BCUT2D eigenvalue weighted by Crippen LogP contribution is -2.00. The summed E-state index contributed by atoms with van der Waals surface area (Å²) < 4.78 is 2.28. The fourth-order valence-corrected chi connectivity index (χ4v) is 3.15. The number of hydrogen-bond donors (Lipinski definition) is 3. The maximum absolute atomic E-state index is 10.1. The monoisotopic (exact) mass is 326 g/mol. The molecule has 114 valence electrons. The van der Waals surface area contributed by atoms with Gasteiger partial charge in [-0.2, -0.15) is 0 Å². The summed E-state index contributed by atoms with van der Waals surface area (Å²) in [5.74, 6) is -0.515. The Bertz CT molecular complexity index is 1020. The van der Waals surface area contributed by atoms with Crippen molar-refractivity contribution >= 4 is 21.6 Å². The number of para-hydroxylation sites is 1. The molecular weight excluding hydrogens is 316 g/mol. The van der Waals surface area contributed by atoms with Crippen LogP contribution in [0.25, 0.3) is 27.2 Å². The molecule has 2 heterocycles. The third kappa shape index (κ3) is 2.08. The van der Waals surface area contributed by atoms with E-state index in [1.165, 1.54) is 34.2 Å². The summed E-state index contributed by atoms with van der Waals surface area (Å²) >= 11 is 1.49. The highest BCUT2D eigenvalue weighted by Gasteiger charge is 2.20. The zero-order valence-corrected chi connectivity index (χ0v) is 12.4. The maximum atomic E-state index is 10.1. The molecule has 2 aromatic carbocycles. The average molecular weight is 326 g/mol. The Labute approximate surface area is 133 Å². The topological polar surface area (TPSA) is 104 Å². The van der Waals surface area contributed by atoms with Crippen molar-refractivity contribution in [2.45, 2.75) is 0 Å². The number of thiazole rings is 1. The molecule has 0 fully saturated rings. The zero-order chi connectivity index (χ0) is 16.0. The van der Waals surface area contributed by atoms with Gasteiger partial charge in [0.15, 0.2) is 0 Å². The number of fused-ring (bicyclic) bond motifs is 1. The van der Waals surface area contributed by atoms with E-state index in [2.05, 4.69) is 15.3 Å². The summed E-state index contributed by atoms with van der Waals surface area (Å²) in [5, 5.41) is 37.2. The second-order valence-electron chi connectivity index (χ2n) is 4.85. The van der Waals surface area contributed by atoms with Crippen LogP contribution in [0.5, 0.6) is 17.4 Å². The highest BCUT2D eigenvalue weighted by atomic mass is 32.1. The molecule has 0 amide bonds. The SMILES string of the molecule is Oc1ccc(-n2nnc(O)c2-c2cccc3scnc23)c(O)c1. The molecule has 0 aliphatic rings. The minimum atomic E-state index is -0.266. The Morgan fingerprint density at radius 1 is 1.04 bits per heavy atom. The van der Waals surface area contributed by atoms with Gasteiger partial charge in [0.25, 0.3) is 5.88 Å². The molecule has 0 radical (unpaired) electrons. The number of aromatic nitrogens is 4. The third-order valence-electron chi connectivity index (χ3n) is 3.46. The van der Waals surface area contributed by atoms with Crippen LogP contribution in [0, 0.1) is 0 Å². The zero-order valence-electron chi connectivity index (χ0n) is 11.6. The fraction of sp³-hybridized carbons (Fsp3) is 0. The molecule has 4 rings (SSSR count). The number of phenolic OH excluding ortho intramolecular Hbond substituents is 2. The molecule has 8 heteroatoms. The summed E-state index contributed by atoms with van der Waals surface area (Å²) in [6.07, 6.45) is 0. The molecule has 0 spiro atoms. The van der Waals surface area contributed by atoms with E-state index in [4.69, 9.17) is 0 Å². The van der Waals surface area contributed by atoms with Crippen molar-refractivity contribution in [3.63, 3.8) is 0 Å². The first-order valence-electron chi connectivity index (χ1n) is 6.65. The van der Waals surface area contributed by atoms with Crippen molar-refractivity contribution in [2.24, 2.45) is 0 Å². The standard InChI is InChI=1S/C15H10N4O3S/c20-8-4-5-10(11(21)6-8)19-14(15(22)17-18-19)9-2-1-3-12-13(9)16-7-23-12/h1-7,20-22H. The molecule has 0 aliphatic heterocycles. The Balaban J connectivity index is 2.00. The first kappa shape index (κ1) is 13.5. The number of aromatic hydroxyl groups is 3. The summed E-state index contributed by atoms with van der Waals surface area (Å²) in [6.45, 7) is 0. The molecule has 4 aromatic rings. The van der Waals surface area contributed by atoms with Crippen LogP contribution >= 0.6 is 11.3 Å². The molecular formula is C15H10N4O3S. The van der Waals surface area contributed by atoms with E-state index >= 15 is 0 Å². The van der Waals surface area contributed by atoms with Gasteiger partial charge in [0.05, 0.1) is 15.7 Å². The van der Waals surface area contributed by atoms with Gasteiger partial charge in [-0.3, -0.25) is 0 Å². The van der Waals surface area contributed by atoms with Gasteiger partial charge in [-0.05, 0) is 18.2 Å². The number of hydrogen-bond acceptors (Lipinski definition) is 7. The van der Waals surface area contributed by atoms with Gasteiger partial charge in [-0.15, -0.1) is 11.3 Å². The first-order chi connectivity index (χ1) is 11.1. The molecule has 7 nitrogen and oxygen atoms in total. The largest absolute Gasteiger partial charge is 0.508 e. The maximum Gasteiger partial charge on any atom is 0.259 e. The highest BCUT2D eigenvalue weighted by molar-refractivity contribution is 7.16. The van der Waals surface area contributed by atoms with Crippen molar-refractivity contribution < 1.29 is 15.3 Å². The summed E-state index contributed by atoms with van der Waals surface area (Å²) in [5.41, 5.74) is 3.70. The van der Waals surface area contributed by atoms with Crippen LogP contribution in [0.4, 0.5) is 0 Å². The fourth-order valence-electron chi connectivity index (χ4n) is 2.45. The van der Waals surface area contributed by atoms with Crippen LogP contribution in [-0.2, 0) is 0 Å². The molecule has 0 bridgehead atoms. The van der Waals surface area contributed by atoms with Gasteiger partial charge >= 0.3 is 0 Å². The van der Waals surface area contributed by atoms with Crippen LogP contribution in [0.3, 0.4) is 0 Å². The van der Waals surface area contributed by atoms with Gasteiger partial charge in [0.1, 0.15) is 22.9 Å². The van der Waals surface area contributed by atoms with Crippen LogP contribution in [0.1, 0.15) is 0 Å². The smallest absolute Gasteiger partial charge is 0.259 e. The molecule has 0 atom stereocenters. The van der Waals surface area contributed by atoms with Gasteiger partial charge in [-0.1, -0.05) is 22.4 Å². The van der Waals surface area contributed by atoms with Crippen LogP contribution < -0.4 is 0 Å². The highest BCUT2D eigenvalue weighted by Crippen LogP contribution is 2.37. The van der Waals surface area contributed by atoms with Crippen LogP contribution in [0.2, 0.25) is 0 Å². The number of nitrogens with zero attached hydrogens (tertiary/aromatic N) is 4.